The average molecular weight is 301 g/mol. The van der Waals surface area contributed by atoms with Crippen LogP contribution in [0.5, 0.6) is 0 Å². The topological polar surface area (TPSA) is 66.6 Å². The Hall–Kier alpha value is -1.18. The maximum Gasteiger partial charge on any atom is 0.179 e. The van der Waals surface area contributed by atoms with E-state index in [1.54, 1.807) is 0 Å². The molecule has 2 N–H and O–H groups in total. The van der Waals surface area contributed by atoms with Crippen LogP contribution in [0, 0.1) is 5.82 Å². The number of nitrogen functional groups attached to an aromatic ring is 1. The lowest BCUT2D eigenvalue weighted by Crippen LogP contribution is -2.45. The molecule has 0 bridgehead atoms. The molecule has 0 aromatic heterocycles. The molecule has 1 aliphatic heterocycles. The highest BCUT2D eigenvalue weighted by atomic mass is 32.2. The number of nitrogens with two attached hydrogens (primary N) is 1. The Morgan fingerprint density at radius 1 is 1.20 bits per heavy atom. The molecular weight excluding hydrogens is 281 g/mol. The number of benzene rings is 1. The highest BCUT2D eigenvalue weighted by Crippen LogP contribution is 2.17. The average Bonchev–Trinajstić information content (AvgIpc) is 2.37. The molecule has 0 aliphatic carbocycles. The first kappa shape index (κ1) is 15.2. The van der Waals surface area contributed by atoms with Crippen molar-refractivity contribution in [3.8, 4) is 0 Å². The summed E-state index contributed by atoms with van der Waals surface area (Å²) in [7, 11) is -1.45. The largest absolute Gasteiger partial charge is 0.399 e. The molecule has 1 aliphatic rings. The fraction of sp³-hybridized carbons (Fsp3) is 0.538. The summed E-state index contributed by atoms with van der Waals surface area (Å²) in [6, 6.07) is 3.44. The van der Waals surface area contributed by atoms with Crippen LogP contribution < -0.4 is 5.73 Å². The number of nitrogens with zero attached hydrogens (tertiary/aromatic N) is 2. The molecule has 0 radical (unpaired) electrons. The van der Waals surface area contributed by atoms with Crippen LogP contribution >= 0.6 is 0 Å². The fourth-order valence-corrected chi connectivity index (χ4v) is 3.54. The Labute approximate surface area is 119 Å². The quantitative estimate of drug-likeness (QED) is 0.817. The third kappa shape index (κ3) is 3.91. The minimum absolute atomic E-state index is 0.0143. The van der Waals surface area contributed by atoms with Crippen molar-refractivity contribution >= 4 is 15.5 Å². The van der Waals surface area contributed by atoms with E-state index in [1.165, 1.54) is 6.07 Å². The van der Waals surface area contributed by atoms with Crippen molar-refractivity contribution in [2.75, 3.05) is 51.3 Å². The van der Waals surface area contributed by atoms with Gasteiger partial charge in [-0.25, -0.2) is 12.8 Å². The summed E-state index contributed by atoms with van der Waals surface area (Å²) >= 11 is 0. The van der Waals surface area contributed by atoms with Crippen molar-refractivity contribution in [2.45, 2.75) is 4.90 Å². The Kier molecular flexibility index (Phi) is 4.62. The summed E-state index contributed by atoms with van der Waals surface area (Å²) in [4.78, 5) is 4.28. The van der Waals surface area contributed by atoms with Gasteiger partial charge in [-0.05, 0) is 25.2 Å². The summed E-state index contributed by atoms with van der Waals surface area (Å²) in [5, 5.41) is 0. The smallest absolute Gasteiger partial charge is 0.179 e. The molecule has 7 heteroatoms. The molecule has 5 nitrogen and oxygen atoms in total. The van der Waals surface area contributed by atoms with Gasteiger partial charge in [0.1, 0.15) is 5.82 Å². The third-order valence-corrected chi connectivity index (χ3v) is 5.20. The van der Waals surface area contributed by atoms with Gasteiger partial charge in [0, 0.05) is 38.4 Å². The zero-order valence-electron chi connectivity index (χ0n) is 11.5. The van der Waals surface area contributed by atoms with E-state index in [2.05, 4.69) is 9.80 Å². The summed E-state index contributed by atoms with van der Waals surface area (Å²) in [5.74, 6) is -0.636. The Morgan fingerprint density at radius 2 is 1.85 bits per heavy atom. The molecule has 0 amide bonds. The maximum atomic E-state index is 13.2. The number of hydrogen-bond acceptors (Lipinski definition) is 5. The second-order valence-corrected chi connectivity index (χ2v) is 7.29. The zero-order chi connectivity index (χ0) is 14.8. The van der Waals surface area contributed by atoms with Crippen LogP contribution in [0.25, 0.3) is 0 Å². The fourth-order valence-electron chi connectivity index (χ4n) is 2.20. The molecule has 112 valence electrons. The first-order chi connectivity index (χ1) is 9.37. The van der Waals surface area contributed by atoms with Crippen LogP contribution in [0.3, 0.4) is 0 Å². The van der Waals surface area contributed by atoms with Gasteiger partial charge in [0.25, 0.3) is 0 Å². The molecule has 1 aromatic carbocycles. The molecule has 0 unspecified atom stereocenters. The van der Waals surface area contributed by atoms with Gasteiger partial charge >= 0.3 is 0 Å². The molecular formula is C13H20FN3O2S. The van der Waals surface area contributed by atoms with Crippen LogP contribution in [0.4, 0.5) is 10.1 Å². The van der Waals surface area contributed by atoms with Crippen LogP contribution in [-0.2, 0) is 9.84 Å². The zero-order valence-corrected chi connectivity index (χ0v) is 12.4. The highest BCUT2D eigenvalue weighted by molar-refractivity contribution is 7.91. The predicted octanol–water partition coefficient (Wildman–Crippen LogP) is 0.429. The SMILES string of the molecule is CN1CCN(CCS(=O)(=O)c2cc(N)cc(F)c2)CC1. The Morgan fingerprint density at radius 3 is 2.45 bits per heavy atom. The van der Waals surface area contributed by atoms with E-state index in [-0.39, 0.29) is 16.3 Å². The van der Waals surface area contributed by atoms with E-state index >= 15 is 0 Å². The molecule has 1 aromatic rings. The maximum absolute atomic E-state index is 13.2. The molecule has 1 heterocycles. The van der Waals surface area contributed by atoms with Gasteiger partial charge in [-0.3, -0.25) is 4.90 Å². The van der Waals surface area contributed by atoms with Gasteiger partial charge in [-0.1, -0.05) is 0 Å². The lowest BCUT2D eigenvalue weighted by Gasteiger charge is -2.32. The van der Waals surface area contributed by atoms with Gasteiger partial charge < -0.3 is 10.6 Å². The highest BCUT2D eigenvalue weighted by Gasteiger charge is 2.20. The van der Waals surface area contributed by atoms with E-state index < -0.39 is 15.7 Å². The van der Waals surface area contributed by atoms with Gasteiger partial charge in [0.05, 0.1) is 10.6 Å². The van der Waals surface area contributed by atoms with Gasteiger partial charge in [0.2, 0.25) is 0 Å². The first-order valence-electron chi connectivity index (χ1n) is 6.56. The summed E-state index contributed by atoms with van der Waals surface area (Å²) in [6.45, 7) is 4.06. The third-order valence-electron chi connectivity index (χ3n) is 3.52. The first-order valence-corrected chi connectivity index (χ1v) is 8.22. The number of sulfone groups is 1. The molecule has 0 spiro atoms. The van der Waals surface area contributed by atoms with Crippen molar-refractivity contribution < 1.29 is 12.8 Å². The summed E-state index contributed by atoms with van der Waals surface area (Å²) in [5.41, 5.74) is 5.62. The minimum atomic E-state index is -3.49. The number of likely N-dealkylation sites (N-methyl/N-ethyl adjacent to an activating group) is 1. The van der Waals surface area contributed by atoms with Crippen molar-refractivity contribution in [1.29, 1.82) is 0 Å². The molecule has 2 rings (SSSR count). The molecule has 0 saturated carbocycles. The molecule has 20 heavy (non-hydrogen) atoms. The van der Waals surface area contributed by atoms with Crippen molar-refractivity contribution in [3.63, 3.8) is 0 Å². The van der Waals surface area contributed by atoms with Crippen molar-refractivity contribution in [3.05, 3.63) is 24.0 Å². The van der Waals surface area contributed by atoms with Crippen molar-refractivity contribution in [2.24, 2.45) is 0 Å². The Bertz CT molecular complexity index is 549. The van der Waals surface area contributed by atoms with Crippen molar-refractivity contribution in [1.82, 2.24) is 9.80 Å². The van der Waals surface area contributed by atoms with Gasteiger partial charge in [-0.2, -0.15) is 0 Å². The molecule has 1 fully saturated rings. The monoisotopic (exact) mass is 301 g/mol. The van der Waals surface area contributed by atoms with E-state index in [0.29, 0.717) is 6.54 Å². The van der Waals surface area contributed by atoms with E-state index in [9.17, 15) is 12.8 Å². The number of piperazine rings is 1. The van der Waals surface area contributed by atoms with Gasteiger partial charge in [-0.15, -0.1) is 0 Å². The van der Waals surface area contributed by atoms with E-state index in [0.717, 1.165) is 38.3 Å². The number of anilines is 1. The second-order valence-electron chi connectivity index (χ2n) is 5.18. The molecule has 1 saturated heterocycles. The standard InChI is InChI=1S/C13H20FN3O2S/c1-16-2-4-17(5-3-16)6-7-20(18,19)13-9-11(14)8-12(15)10-13/h8-10H,2-7,15H2,1H3. The second kappa shape index (κ2) is 6.07. The number of rotatable bonds is 4. The van der Waals surface area contributed by atoms with E-state index in [4.69, 9.17) is 5.73 Å². The Balaban J connectivity index is 2.00. The lowest BCUT2D eigenvalue weighted by molar-refractivity contribution is 0.161. The molecule has 0 atom stereocenters. The summed E-state index contributed by atoms with van der Waals surface area (Å²) < 4.78 is 37.6. The number of hydrogen-bond donors (Lipinski definition) is 1. The normalized spacial score (nSPS) is 18.3. The summed E-state index contributed by atoms with van der Waals surface area (Å²) in [6.07, 6.45) is 0. The van der Waals surface area contributed by atoms with Crippen LogP contribution in [0.15, 0.2) is 23.1 Å². The minimum Gasteiger partial charge on any atom is -0.399 e. The lowest BCUT2D eigenvalue weighted by atomic mass is 10.3. The van der Waals surface area contributed by atoms with Crippen LogP contribution in [0.1, 0.15) is 0 Å². The van der Waals surface area contributed by atoms with Gasteiger partial charge in [0.15, 0.2) is 9.84 Å². The van der Waals surface area contributed by atoms with Crippen LogP contribution in [-0.4, -0.2) is 63.7 Å². The predicted molar refractivity (Wildman–Crippen MR) is 76.8 cm³/mol. The van der Waals surface area contributed by atoms with Crippen LogP contribution in [0.2, 0.25) is 0 Å². The number of halogens is 1. The van der Waals surface area contributed by atoms with E-state index in [1.807, 2.05) is 7.05 Å².